The minimum atomic E-state index is -0.461. The maximum Gasteiger partial charge on any atom is 0.237 e. The molecule has 0 unspecified atom stereocenters. The van der Waals surface area contributed by atoms with Crippen molar-refractivity contribution in [2.24, 2.45) is 0 Å². The molecule has 2 spiro atoms. The summed E-state index contributed by atoms with van der Waals surface area (Å²) in [5, 5.41) is 0. The first-order chi connectivity index (χ1) is 13.6. The number of rotatable bonds is 2. The molecular formula is C24H25NO3. The lowest BCUT2D eigenvalue weighted by Gasteiger charge is -2.40. The van der Waals surface area contributed by atoms with Crippen molar-refractivity contribution < 1.29 is 14.3 Å². The highest BCUT2D eigenvalue weighted by Gasteiger charge is 2.55. The molecule has 4 nitrogen and oxygen atoms in total. The van der Waals surface area contributed by atoms with Crippen molar-refractivity contribution >= 4 is 23.7 Å². The molecule has 0 N–H and O–H groups in total. The Bertz CT molecular complexity index is 918. The van der Waals surface area contributed by atoms with Gasteiger partial charge in [0.15, 0.2) is 5.79 Å². The molecule has 0 atom stereocenters. The van der Waals surface area contributed by atoms with Gasteiger partial charge in [0.1, 0.15) is 0 Å². The molecule has 1 amide bonds. The summed E-state index contributed by atoms with van der Waals surface area (Å²) in [6, 6.07) is 16.6. The van der Waals surface area contributed by atoms with Crippen molar-refractivity contribution in [1.82, 2.24) is 0 Å². The fourth-order valence-electron chi connectivity index (χ4n) is 4.96. The summed E-state index contributed by atoms with van der Waals surface area (Å²) >= 11 is 0. The van der Waals surface area contributed by atoms with Crippen molar-refractivity contribution in [2.45, 2.75) is 36.9 Å². The average molecular weight is 375 g/mol. The summed E-state index contributed by atoms with van der Waals surface area (Å²) in [6.07, 6.45) is 7.33. The van der Waals surface area contributed by atoms with E-state index in [0.29, 0.717) is 13.2 Å². The van der Waals surface area contributed by atoms with Gasteiger partial charge in [-0.05, 0) is 41.7 Å². The van der Waals surface area contributed by atoms with Gasteiger partial charge in [0.05, 0.1) is 18.6 Å². The van der Waals surface area contributed by atoms with Gasteiger partial charge in [0.2, 0.25) is 5.91 Å². The van der Waals surface area contributed by atoms with E-state index in [2.05, 4.69) is 42.5 Å². The third kappa shape index (κ3) is 2.71. The molecule has 28 heavy (non-hydrogen) atoms. The predicted molar refractivity (Wildman–Crippen MR) is 110 cm³/mol. The summed E-state index contributed by atoms with van der Waals surface area (Å²) in [5.41, 5.74) is 4.04. The van der Waals surface area contributed by atoms with Gasteiger partial charge >= 0.3 is 0 Å². The van der Waals surface area contributed by atoms with E-state index in [1.54, 1.807) is 0 Å². The Labute approximate surface area is 165 Å². The molecule has 2 aliphatic heterocycles. The third-order valence-electron chi connectivity index (χ3n) is 6.56. The van der Waals surface area contributed by atoms with Crippen LogP contribution in [0.5, 0.6) is 0 Å². The Morgan fingerprint density at radius 1 is 0.893 bits per heavy atom. The standard InChI is InChI=1S/C24H25NO3/c1-25-21-10-9-19(8-7-18-5-3-2-4-6-18)17-20(21)23(22(25)26)11-13-24(14-12-23)27-15-16-28-24/h2-10,17H,11-16H2,1H3/b8-7+. The highest BCUT2D eigenvalue weighted by Crippen LogP contribution is 2.53. The van der Waals surface area contributed by atoms with Gasteiger partial charge in [-0.15, -0.1) is 0 Å². The second-order valence-electron chi connectivity index (χ2n) is 8.07. The maximum atomic E-state index is 13.3. The lowest BCUT2D eigenvalue weighted by molar-refractivity contribution is -0.185. The zero-order valence-electron chi connectivity index (χ0n) is 16.2. The Morgan fingerprint density at radius 3 is 2.29 bits per heavy atom. The Kier molecular flexibility index (Phi) is 4.14. The normalized spacial score (nSPS) is 22.5. The minimum Gasteiger partial charge on any atom is -0.348 e. The number of anilines is 1. The molecule has 5 rings (SSSR count). The summed E-state index contributed by atoms with van der Waals surface area (Å²) in [6.45, 7) is 1.32. The molecule has 0 bridgehead atoms. The highest BCUT2D eigenvalue weighted by atomic mass is 16.7. The van der Waals surface area contributed by atoms with E-state index in [1.807, 2.05) is 30.1 Å². The van der Waals surface area contributed by atoms with Crippen LogP contribution < -0.4 is 4.90 Å². The van der Waals surface area contributed by atoms with Crippen molar-refractivity contribution in [1.29, 1.82) is 0 Å². The Hall–Kier alpha value is -2.43. The van der Waals surface area contributed by atoms with Gasteiger partial charge in [-0.1, -0.05) is 48.6 Å². The molecular weight excluding hydrogens is 350 g/mol. The largest absolute Gasteiger partial charge is 0.348 e. The van der Waals surface area contributed by atoms with Crippen LogP contribution in [0.2, 0.25) is 0 Å². The molecule has 1 aliphatic carbocycles. The molecule has 1 saturated heterocycles. The van der Waals surface area contributed by atoms with Crippen LogP contribution in [0.25, 0.3) is 12.2 Å². The van der Waals surface area contributed by atoms with Crippen molar-refractivity contribution in [3.05, 3.63) is 65.2 Å². The SMILES string of the molecule is CN1C(=O)C2(CCC3(CC2)OCCO3)c2cc(/C=C/c3ccccc3)ccc21. The van der Waals surface area contributed by atoms with E-state index in [4.69, 9.17) is 9.47 Å². The number of hydrogen-bond acceptors (Lipinski definition) is 3. The quantitative estimate of drug-likeness (QED) is 0.731. The van der Waals surface area contributed by atoms with Crippen molar-refractivity contribution in [2.75, 3.05) is 25.2 Å². The van der Waals surface area contributed by atoms with Crippen molar-refractivity contribution in [3.8, 4) is 0 Å². The van der Waals surface area contributed by atoms with E-state index in [1.165, 1.54) is 5.56 Å². The summed E-state index contributed by atoms with van der Waals surface area (Å²) in [5.74, 6) is -0.253. The molecule has 2 aromatic rings. The first kappa shape index (κ1) is 17.7. The van der Waals surface area contributed by atoms with Crippen LogP contribution in [0.4, 0.5) is 5.69 Å². The number of likely N-dealkylation sites (N-methyl/N-ethyl adjacent to an activating group) is 1. The second-order valence-corrected chi connectivity index (χ2v) is 8.07. The summed E-state index contributed by atoms with van der Waals surface area (Å²) in [4.78, 5) is 15.1. The van der Waals surface area contributed by atoms with E-state index in [-0.39, 0.29) is 5.91 Å². The van der Waals surface area contributed by atoms with Crippen molar-refractivity contribution in [3.63, 3.8) is 0 Å². The molecule has 0 aromatic heterocycles. The number of ether oxygens (including phenoxy) is 2. The maximum absolute atomic E-state index is 13.3. The lowest BCUT2D eigenvalue weighted by atomic mass is 9.68. The van der Waals surface area contributed by atoms with Crippen LogP contribution in [0.3, 0.4) is 0 Å². The zero-order valence-corrected chi connectivity index (χ0v) is 16.2. The number of nitrogens with zero attached hydrogens (tertiary/aromatic N) is 1. The van der Waals surface area contributed by atoms with Crippen LogP contribution >= 0.6 is 0 Å². The first-order valence-electron chi connectivity index (χ1n) is 10.1. The van der Waals surface area contributed by atoms with Gasteiger partial charge in [0.25, 0.3) is 0 Å². The number of fused-ring (bicyclic) bond motifs is 2. The molecule has 2 aromatic carbocycles. The van der Waals surface area contributed by atoms with Gasteiger partial charge < -0.3 is 14.4 Å². The van der Waals surface area contributed by atoms with Gasteiger partial charge in [-0.3, -0.25) is 4.79 Å². The number of carbonyl (C=O) groups excluding carboxylic acids is 1. The molecule has 2 fully saturated rings. The van der Waals surface area contributed by atoms with Crippen LogP contribution in [0, 0.1) is 0 Å². The van der Waals surface area contributed by atoms with Crippen LogP contribution in [0.15, 0.2) is 48.5 Å². The fourth-order valence-corrected chi connectivity index (χ4v) is 4.96. The molecule has 1 saturated carbocycles. The third-order valence-corrected chi connectivity index (χ3v) is 6.56. The second kappa shape index (κ2) is 6.57. The van der Waals surface area contributed by atoms with Gasteiger partial charge in [-0.2, -0.15) is 0 Å². The number of carbonyl (C=O) groups is 1. The van der Waals surface area contributed by atoms with Crippen LogP contribution in [-0.2, 0) is 19.7 Å². The van der Waals surface area contributed by atoms with Gasteiger partial charge in [-0.25, -0.2) is 0 Å². The molecule has 3 aliphatic rings. The van der Waals surface area contributed by atoms with E-state index in [9.17, 15) is 4.79 Å². The van der Waals surface area contributed by atoms with E-state index >= 15 is 0 Å². The Morgan fingerprint density at radius 2 is 1.57 bits per heavy atom. The van der Waals surface area contributed by atoms with Crippen LogP contribution in [-0.4, -0.2) is 32.0 Å². The number of benzene rings is 2. The Balaban J connectivity index is 1.47. The molecule has 4 heteroatoms. The predicted octanol–water partition coefficient (Wildman–Crippen LogP) is 4.39. The number of hydrogen-bond donors (Lipinski definition) is 0. The van der Waals surface area contributed by atoms with Gasteiger partial charge in [0, 0.05) is 25.6 Å². The number of amides is 1. The smallest absolute Gasteiger partial charge is 0.237 e. The zero-order chi connectivity index (χ0) is 19.2. The summed E-state index contributed by atoms with van der Waals surface area (Å²) < 4.78 is 11.8. The van der Waals surface area contributed by atoms with E-state index < -0.39 is 11.2 Å². The minimum absolute atomic E-state index is 0.208. The topological polar surface area (TPSA) is 38.8 Å². The fraction of sp³-hybridized carbons (Fsp3) is 0.375. The summed E-state index contributed by atoms with van der Waals surface area (Å²) in [7, 11) is 1.89. The monoisotopic (exact) mass is 375 g/mol. The lowest BCUT2D eigenvalue weighted by Crippen LogP contribution is -2.47. The van der Waals surface area contributed by atoms with Crippen LogP contribution in [0.1, 0.15) is 42.4 Å². The first-order valence-corrected chi connectivity index (χ1v) is 10.1. The molecule has 0 radical (unpaired) electrons. The molecule has 2 heterocycles. The molecule has 144 valence electrons. The highest BCUT2D eigenvalue weighted by molar-refractivity contribution is 6.08. The average Bonchev–Trinajstić information content (AvgIpc) is 3.27. The van der Waals surface area contributed by atoms with E-state index in [0.717, 1.165) is 42.5 Å².